The molecule has 0 fully saturated rings. The van der Waals surface area contributed by atoms with Crippen molar-refractivity contribution in [2.75, 3.05) is 7.11 Å². The Hall–Kier alpha value is -3.08. The minimum absolute atomic E-state index is 0.00918. The molecule has 178 valence electrons. The Morgan fingerprint density at radius 2 is 1.54 bits per heavy atom. The van der Waals surface area contributed by atoms with Crippen LogP contribution in [0.4, 0.5) is 5.69 Å². The molecule has 0 unspecified atom stereocenters. The van der Waals surface area contributed by atoms with Gasteiger partial charge in [-0.1, -0.05) is 29.8 Å². The average Bonchev–Trinajstić information content (AvgIpc) is 2.86. The molecule has 0 saturated heterocycles. The summed E-state index contributed by atoms with van der Waals surface area (Å²) in [7, 11) is -2.63. The highest BCUT2D eigenvalue weighted by Crippen LogP contribution is 2.36. The molecule has 4 rings (SSSR count). The number of hydrogen-bond acceptors (Lipinski definition) is 6. The molecule has 4 aromatic carbocycles. The third-order valence-electron chi connectivity index (χ3n) is 4.73. The molecule has 0 bridgehead atoms. The third-order valence-corrected chi connectivity index (χ3v) is 7.01. The first-order valence-corrected chi connectivity index (χ1v) is 13.2. The highest BCUT2D eigenvalue weighted by Gasteiger charge is 2.22. The summed E-state index contributed by atoms with van der Waals surface area (Å²) in [6.45, 7) is 0. The normalized spacial score (nSPS) is 11.4. The fourth-order valence-electron chi connectivity index (χ4n) is 3.03. The molecule has 0 saturated carbocycles. The number of nitrogens with zero attached hydrogens (tertiary/aromatic N) is 1. The minimum Gasteiger partial charge on any atom is -0.493 e. The number of para-hydroxylation sites is 1. The molecule has 0 aliphatic rings. The minimum atomic E-state index is -4.07. The average molecular weight is 620 g/mol. The summed E-state index contributed by atoms with van der Waals surface area (Å²) in [6, 6.07) is 26.0. The Bertz CT molecular complexity index is 1440. The topological polar surface area (TPSA) is 74.2 Å². The van der Waals surface area contributed by atoms with E-state index in [-0.39, 0.29) is 16.4 Å². The van der Waals surface area contributed by atoms with Crippen molar-refractivity contribution in [3.05, 3.63) is 105 Å². The second-order valence-electron chi connectivity index (χ2n) is 7.19. The first kappa shape index (κ1) is 25.0. The first-order chi connectivity index (χ1) is 16.8. The van der Waals surface area contributed by atoms with Gasteiger partial charge in [-0.25, -0.2) is 0 Å². The van der Waals surface area contributed by atoms with E-state index in [1.54, 1.807) is 18.3 Å². The van der Waals surface area contributed by atoms with E-state index in [0.717, 1.165) is 11.4 Å². The van der Waals surface area contributed by atoms with Crippen molar-refractivity contribution >= 4 is 56.2 Å². The van der Waals surface area contributed by atoms with Crippen LogP contribution in [0, 0.1) is 3.57 Å². The predicted molar refractivity (Wildman–Crippen MR) is 145 cm³/mol. The van der Waals surface area contributed by atoms with Crippen LogP contribution < -0.4 is 13.7 Å². The Kier molecular flexibility index (Phi) is 7.94. The maximum absolute atomic E-state index is 12.7. The Morgan fingerprint density at radius 3 is 2.20 bits per heavy atom. The molecule has 9 heteroatoms. The van der Waals surface area contributed by atoms with Crippen molar-refractivity contribution in [1.29, 1.82) is 0 Å². The molecular weight excluding hydrogens is 601 g/mol. The maximum Gasteiger partial charge on any atom is 0.339 e. The molecule has 4 aromatic rings. The number of benzene rings is 4. The van der Waals surface area contributed by atoms with E-state index in [2.05, 4.69) is 4.99 Å². The lowest BCUT2D eigenvalue weighted by Crippen LogP contribution is -2.11. The van der Waals surface area contributed by atoms with Gasteiger partial charge in [-0.2, -0.15) is 8.42 Å². The van der Waals surface area contributed by atoms with Gasteiger partial charge in [0.25, 0.3) is 0 Å². The highest BCUT2D eigenvalue weighted by atomic mass is 127. The number of halogens is 2. The molecule has 0 aliphatic carbocycles. The molecule has 35 heavy (non-hydrogen) atoms. The van der Waals surface area contributed by atoms with Gasteiger partial charge in [0.05, 0.1) is 16.4 Å². The zero-order chi connectivity index (χ0) is 24.8. The van der Waals surface area contributed by atoms with Crippen molar-refractivity contribution in [2.45, 2.75) is 4.90 Å². The summed E-state index contributed by atoms with van der Waals surface area (Å²) in [5.41, 5.74) is 1.44. The highest BCUT2D eigenvalue weighted by molar-refractivity contribution is 14.1. The van der Waals surface area contributed by atoms with Crippen LogP contribution in [0.3, 0.4) is 0 Å². The van der Waals surface area contributed by atoms with Crippen LogP contribution in [0.15, 0.2) is 101 Å². The van der Waals surface area contributed by atoms with Gasteiger partial charge in [0.2, 0.25) is 0 Å². The lowest BCUT2D eigenvalue weighted by Gasteiger charge is -2.13. The van der Waals surface area contributed by atoms with E-state index in [0.29, 0.717) is 19.9 Å². The second kappa shape index (κ2) is 11.1. The van der Waals surface area contributed by atoms with Crippen molar-refractivity contribution in [1.82, 2.24) is 0 Å². The summed E-state index contributed by atoms with van der Waals surface area (Å²) in [4.78, 5) is 4.48. The van der Waals surface area contributed by atoms with Crippen molar-refractivity contribution < 1.29 is 22.1 Å². The Morgan fingerprint density at radius 1 is 0.886 bits per heavy atom. The molecular formula is C26H19ClINO5S. The third kappa shape index (κ3) is 6.53. The van der Waals surface area contributed by atoms with Crippen molar-refractivity contribution in [3.8, 4) is 23.0 Å². The van der Waals surface area contributed by atoms with E-state index in [1.807, 2.05) is 77.2 Å². The van der Waals surface area contributed by atoms with Crippen LogP contribution in [-0.2, 0) is 10.1 Å². The first-order valence-electron chi connectivity index (χ1n) is 10.3. The molecule has 0 heterocycles. The van der Waals surface area contributed by atoms with Crippen LogP contribution in [0.5, 0.6) is 23.0 Å². The summed E-state index contributed by atoms with van der Waals surface area (Å²) >= 11 is 7.85. The van der Waals surface area contributed by atoms with Crippen LogP contribution in [-0.4, -0.2) is 21.7 Å². The van der Waals surface area contributed by atoms with E-state index in [1.165, 1.54) is 31.4 Å². The largest absolute Gasteiger partial charge is 0.493 e. The van der Waals surface area contributed by atoms with Crippen LogP contribution in [0.25, 0.3) is 0 Å². The fourth-order valence-corrected chi connectivity index (χ4v) is 5.00. The Balaban J connectivity index is 1.51. The van der Waals surface area contributed by atoms with Gasteiger partial charge in [0.15, 0.2) is 11.5 Å². The molecule has 0 spiro atoms. The summed E-state index contributed by atoms with van der Waals surface area (Å²) < 4.78 is 42.6. The summed E-state index contributed by atoms with van der Waals surface area (Å²) in [5.74, 6) is 1.82. The van der Waals surface area contributed by atoms with Gasteiger partial charge in [0, 0.05) is 11.2 Å². The maximum atomic E-state index is 12.7. The van der Waals surface area contributed by atoms with Crippen LogP contribution >= 0.6 is 34.2 Å². The van der Waals surface area contributed by atoms with Gasteiger partial charge >= 0.3 is 10.1 Å². The van der Waals surface area contributed by atoms with Crippen molar-refractivity contribution in [2.24, 2.45) is 4.99 Å². The number of methoxy groups -OCH3 is 1. The molecule has 0 radical (unpaired) electrons. The number of ether oxygens (including phenoxy) is 2. The molecule has 0 atom stereocenters. The van der Waals surface area contributed by atoms with Crippen LogP contribution in [0.1, 0.15) is 5.56 Å². The lowest BCUT2D eigenvalue weighted by atomic mass is 10.2. The van der Waals surface area contributed by atoms with E-state index in [4.69, 9.17) is 25.3 Å². The van der Waals surface area contributed by atoms with Crippen molar-refractivity contribution in [3.63, 3.8) is 0 Å². The zero-order valence-corrected chi connectivity index (χ0v) is 22.1. The summed E-state index contributed by atoms with van der Waals surface area (Å²) in [6.07, 6.45) is 1.66. The predicted octanol–water partition coefficient (Wildman–Crippen LogP) is 7.26. The Labute approximate surface area is 222 Å². The molecule has 0 aliphatic heterocycles. The van der Waals surface area contributed by atoms with Gasteiger partial charge in [-0.15, -0.1) is 0 Å². The smallest absolute Gasteiger partial charge is 0.339 e. The standard InChI is InChI=1S/C26H19ClINO5S/c1-32-25-16-18(15-24(28)26(25)34-35(30,31)23-13-7-19(27)8-14-23)17-29-20-9-11-22(12-10-20)33-21-5-3-2-4-6-21/h2-17H,1H3. The van der Waals surface area contributed by atoms with E-state index < -0.39 is 10.1 Å². The van der Waals surface area contributed by atoms with E-state index in [9.17, 15) is 8.42 Å². The SMILES string of the molecule is COc1cc(C=Nc2ccc(Oc3ccccc3)cc2)cc(I)c1OS(=O)(=O)c1ccc(Cl)cc1. The zero-order valence-electron chi connectivity index (χ0n) is 18.4. The molecule has 6 nitrogen and oxygen atoms in total. The summed E-state index contributed by atoms with van der Waals surface area (Å²) in [5, 5.41) is 0.429. The van der Waals surface area contributed by atoms with Gasteiger partial charge in [0.1, 0.15) is 16.4 Å². The fraction of sp³-hybridized carbons (Fsp3) is 0.0385. The van der Waals surface area contributed by atoms with Gasteiger partial charge in [-0.05, 0) is 101 Å². The molecule has 0 aromatic heterocycles. The number of rotatable bonds is 8. The van der Waals surface area contributed by atoms with Gasteiger partial charge < -0.3 is 13.7 Å². The van der Waals surface area contributed by atoms with E-state index >= 15 is 0 Å². The lowest BCUT2D eigenvalue weighted by molar-refractivity contribution is 0.389. The van der Waals surface area contributed by atoms with Gasteiger partial charge in [-0.3, -0.25) is 4.99 Å². The number of aliphatic imine (C=N–C) groups is 1. The molecule has 0 N–H and O–H groups in total. The quantitative estimate of drug-likeness (QED) is 0.118. The van der Waals surface area contributed by atoms with Crippen LogP contribution in [0.2, 0.25) is 5.02 Å². The molecule has 0 amide bonds. The monoisotopic (exact) mass is 619 g/mol. The number of hydrogen-bond donors (Lipinski definition) is 0. The second-order valence-corrected chi connectivity index (χ2v) is 10.3.